The lowest BCUT2D eigenvalue weighted by atomic mass is 10.2. The number of carbonyl (C=O) groups is 1. The van der Waals surface area contributed by atoms with Gasteiger partial charge in [-0.2, -0.15) is 0 Å². The lowest BCUT2D eigenvalue weighted by Gasteiger charge is -2.06. The van der Waals surface area contributed by atoms with Gasteiger partial charge in [-0.3, -0.25) is 4.79 Å². The largest absolute Gasteiger partial charge is 0.347 e. The number of carbonyl (C=O) groups excluding carboxylic acids is 1. The van der Waals surface area contributed by atoms with E-state index in [1.807, 2.05) is 0 Å². The van der Waals surface area contributed by atoms with Gasteiger partial charge in [0.15, 0.2) is 0 Å². The molecule has 0 radical (unpaired) electrons. The number of rotatable bonds is 3. The highest BCUT2D eigenvalue weighted by Crippen LogP contribution is 2.19. The zero-order valence-electron chi connectivity index (χ0n) is 7.69. The van der Waals surface area contributed by atoms with Crippen LogP contribution in [0.4, 0.5) is 4.39 Å². The van der Waals surface area contributed by atoms with Crippen molar-refractivity contribution in [3.05, 3.63) is 45.7 Å². The molecule has 0 aliphatic heterocycles. The predicted octanol–water partition coefficient (Wildman–Crippen LogP) is 3.07. The van der Waals surface area contributed by atoms with Gasteiger partial charge in [0.1, 0.15) is 5.82 Å². The van der Waals surface area contributed by atoms with Crippen molar-refractivity contribution in [3.8, 4) is 0 Å². The van der Waals surface area contributed by atoms with Crippen LogP contribution in [0.1, 0.15) is 10.4 Å². The topological polar surface area (TPSA) is 29.1 Å². The van der Waals surface area contributed by atoms with E-state index in [1.165, 1.54) is 12.1 Å². The second kappa shape index (κ2) is 5.28. The van der Waals surface area contributed by atoms with E-state index in [0.29, 0.717) is 4.47 Å². The minimum atomic E-state index is -0.581. The Hall–Kier alpha value is -0.870. The van der Waals surface area contributed by atoms with Gasteiger partial charge in [0.25, 0.3) is 5.91 Å². The maximum absolute atomic E-state index is 13.3. The zero-order valence-corrected chi connectivity index (χ0v) is 10.0. The van der Waals surface area contributed by atoms with Crippen LogP contribution >= 0.6 is 27.5 Å². The highest BCUT2D eigenvalue weighted by molar-refractivity contribution is 9.10. The summed E-state index contributed by atoms with van der Waals surface area (Å²) in [4.78, 5) is 11.5. The van der Waals surface area contributed by atoms with Crippen LogP contribution in [0, 0.1) is 5.82 Å². The minimum Gasteiger partial charge on any atom is -0.347 e. The molecule has 0 aliphatic rings. The summed E-state index contributed by atoms with van der Waals surface area (Å²) in [5.74, 6) is -1.11. The summed E-state index contributed by atoms with van der Waals surface area (Å²) in [5, 5.41) is 2.73. The van der Waals surface area contributed by atoms with Crippen molar-refractivity contribution in [2.45, 2.75) is 0 Å². The first-order chi connectivity index (χ1) is 7.02. The Kier molecular flexibility index (Phi) is 4.29. The molecule has 15 heavy (non-hydrogen) atoms. The summed E-state index contributed by atoms with van der Waals surface area (Å²) >= 11 is 8.57. The molecule has 1 aromatic carbocycles. The Balaban J connectivity index is 2.86. The molecule has 1 rings (SSSR count). The van der Waals surface area contributed by atoms with Crippen LogP contribution in [-0.2, 0) is 0 Å². The van der Waals surface area contributed by atoms with E-state index in [-0.39, 0.29) is 17.1 Å². The van der Waals surface area contributed by atoms with Crippen molar-refractivity contribution >= 4 is 33.4 Å². The molecule has 1 aromatic rings. The fourth-order valence-electron chi connectivity index (χ4n) is 0.979. The van der Waals surface area contributed by atoms with Gasteiger partial charge in [-0.15, -0.1) is 0 Å². The van der Waals surface area contributed by atoms with Crippen molar-refractivity contribution in [2.24, 2.45) is 0 Å². The van der Waals surface area contributed by atoms with Crippen molar-refractivity contribution in [2.75, 3.05) is 6.54 Å². The van der Waals surface area contributed by atoms with Gasteiger partial charge < -0.3 is 5.32 Å². The third-order valence-electron chi connectivity index (χ3n) is 1.63. The maximum Gasteiger partial charge on any atom is 0.255 e. The van der Waals surface area contributed by atoms with E-state index in [9.17, 15) is 9.18 Å². The van der Waals surface area contributed by atoms with Gasteiger partial charge in [-0.25, -0.2) is 4.39 Å². The van der Waals surface area contributed by atoms with Crippen LogP contribution < -0.4 is 5.32 Å². The van der Waals surface area contributed by atoms with E-state index in [2.05, 4.69) is 27.8 Å². The van der Waals surface area contributed by atoms with Crippen molar-refractivity contribution < 1.29 is 9.18 Å². The normalized spacial score (nSPS) is 9.80. The highest BCUT2D eigenvalue weighted by atomic mass is 79.9. The molecule has 80 valence electrons. The SMILES string of the molecule is C=C(Cl)CNC(=O)c1c(F)cccc1Br. The molecule has 0 spiro atoms. The highest BCUT2D eigenvalue weighted by Gasteiger charge is 2.14. The number of hydrogen-bond donors (Lipinski definition) is 1. The average molecular weight is 293 g/mol. The number of halogens is 3. The minimum absolute atomic E-state index is 0.0320. The molecule has 0 atom stereocenters. The van der Waals surface area contributed by atoms with Gasteiger partial charge in [0.05, 0.1) is 12.1 Å². The van der Waals surface area contributed by atoms with E-state index in [4.69, 9.17) is 11.6 Å². The lowest BCUT2D eigenvalue weighted by molar-refractivity contribution is 0.0953. The summed E-state index contributed by atoms with van der Waals surface area (Å²) in [6.45, 7) is 3.52. The molecule has 1 N–H and O–H groups in total. The van der Waals surface area contributed by atoms with Gasteiger partial charge in [-0.05, 0) is 28.1 Å². The summed E-state index contributed by atoms with van der Waals surface area (Å²) in [6, 6.07) is 4.32. The molecule has 0 saturated carbocycles. The smallest absolute Gasteiger partial charge is 0.255 e. The van der Waals surface area contributed by atoms with E-state index in [0.717, 1.165) is 0 Å². The van der Waals surface area contributed by atoms with Crippen LogP contribution in [0.2, 0.25) is 0 Å². The second-order valence-electron chi connectivity index (χ2n) is 2.80. The van der Waals surface area contributed by atoms with Crippen LogP contribution in [0.3, 0.4) is 0 Å². The molecule has 5 heteroatoms. The van der Waals surface area contributed by atoms with Crippen molar-refractivity contribution in [3.63, 3.8) is 0 Å². The van der Waals surface area contributed by atoms with Crippen molar-refractivity contribution in [1.29, 1.82) is 0 Å². The molecule has 0 aromatic heterocycles. The fraction of sp³-hybridized carbons (Fsp3) is 0.100. The Labute approximate surface area is 100 Å². The van der Waals surface area contributed by atoms with E-state index < -0.39 is 11.7 Å². The first-order valence-corrected chi connectivity index (χ1v) is 5.25. The maximum atomic E-state index is 13.3. The van der Waals surface area contributed by atoms with E-state index in [1.54, 1.807) is 6.07 Å². The van der Waals surface area contributed by atoms with Gasteiger partial charge in [0, 0.05) is 9.51 Å². The van der Waals surface area contributed by atoms with E-state index >= 15 is 0 Å². The summed E-state index contributed by atoms with van der Waals surface area (Å²) < 4.78 is 13.7. The number of benzene rings is 1. The van der Waals surface area contributed by atoms with Gasteiger partial charge in [0.2, 0.25) is 0 Å². The fourth-order valence-corrected chi connectivity index (χ4v) is 1.57. The third kappa shape index (κ3) is 3.32. The quantitative estimate of drug-likeness (QED) is 0.911. The first kappa shape index (κ1) is 12.2. The Bertz CT molecular complexity index is 388. The van der Waals surface area contributed by atoms with Gasteiger partial charge in [-0.1, -0.05) is 24.2 Å². The molecule has 0 fully saturated rings. The molecular weight excluding hydrogens is 284 g/mol. The molecule has 0 unspecified atom stereocenters. The molecule has 0 heterocycles. The molecule has 0 saturated heterocycles. The predicted molar refractivity (Wildman–Crippen MR) is 61.4 cm³/mol. The number of nitrogens with one attached hydrogen (secondary N) is 1. The third-order valence-corrected chi connectivity index (χ3v) is 2.43. The average Bonchev–Trinajstić information content (AvgIpc) is 2.14. The van der Waals surface area contributed by atoms with Gasteiger partial charge >= 0.3 is 0 Å². The van der Waals surface area contributed by atoms with Crippen molar-refractivity contribution in [1.82, 2.24) is 5.32 Å². The number of hydrogen-bond acceptors (Lipinski definition) is 1. The molecule has 0 bridgehead atoms. The van der Waals surface area contributed by atoms with Crippen LogP contribution in [0.5, 0.6) is 0 Å². The molecular formula is C10H8BrClFNO. The zero-order chi connectivity index (χ0) is 11.4. The molecule has 2 nitrogen and oxygen atoms in total. The van der Waals surface area contributed by atoms with Crippen LogP contribution in [0.15, 0.2) is 34.3 Å². The monoisotopic (exact) mass is 291 g/mol. The summed E-state index contributed by atoms with van der Waals surface area (Å²) in [7, 11) is 0. The standard InChI is InChI=1S/C10H8BrClFNO/c1-6(12)5-14-10(15)9-7(11)3-2-4-8(9)13/h2-4H,1,5H2,(H,14,15). The first-order valence-electron chi connectivity index (χ1n) is 4.08. The Morgan fingerprint density at radius 2 is 2.27 bits per heavy atom. The summed E-state index contributed by atoms with van der Waals surface area (Å²) in [5.41, 5.74) is -0.0320. The number of amides is 1. The second-order valence-corrected chi connectivity index (χ2v) is 4.19. The lowest BCUT2D eigenvalue weighted by Crippen LogP contribution is -2.25. The molecule has 0 aliphatic carbocycles. The summed E-state index contributed by atoms with van der Waals surface area (Å²) in [6.07, 6.45) is 0. The van der Waals surface area contributed by atoms with Crippen LogP contribution in [-0.4, -0.2) is 12.5 Å². The van der Waals surface area contributed by atoms with Crippen LogP contribution in [0.25, 0.3) is 0 Å². The molecule has 1 amide bonds. The Morgan fingerprint density at radius 1 is 1.60 bits per heavy atom. The Morgan fingerprint density at radius 3 is 2.80 bits per heavy atom.